The molecule has 0 saturated carbocycles. The van der Waals surface area contributed by atoms with Gasteiger partial charge in [-0.05, 0) is 65.2 Å². The molecule has 8 heteroatoms. The average Bonchev–Trinajstić information content (AvgIpc) is 3.28. The van der Waals surface area contributed by atoms with Crippen molar-refractivity contribution in [3.8, 4) is 0 Å². The van der Waals surface area contributed by atoms with E-state index in [0.29, 0.717) is 29.5 Å². The number of aromatic nitrogens is 4. The maximum absolute atomic E-state index is 12.6. The fraction of sp³-hybridized carbons (Fsp3) is 0.174. The Bertz CT molecular complexity index is 1230. The van der Waals surface area contributed by atoms with Gasteiger partial charge >= 0.3 is 0 Å². The van der Waals surface area contributed by atoms with E-state index in [2.05, 4.69) is 31.4 Å². The molecule has 0 atom stereocenters. The Labute approximate surface area is 194 Å². The van der Waals surface area contributed by atoms with Gasteiger partial charge < -0.3 is 5.32 Å². The number of rotatable bonds is 6. The van der Waals surface area contributed by atoms with Crippen LogP contribution in [0.5, 0.6) is 0 Å². The van der Waals surface area contributed by atoms with Gasteiger partial charge in [-0.2, -0.15) is 10.2 Å². The Morgan fingerprint density at radius 3 is 2.48 bits per heavy atom. The Morgan fingerprint density at radius 2 is 1.81 bits per heavy atom. The number of carbonyl (C=O) groups is 1. The van der Waals surface area contributed by atoms with Gasteiger partial charge in [-0.25, -0.2) is 0 Å². The molecule has 1 N–H and O–H groups in total. The van der Waals surface area contributed by atoms with Crippen LogP contribution in [0.15, 0.2) is 65.3 Å². The molecule has 0 aliphatic heterocycles. The first-order valence-corrected chi connectivity index (χ1v) is 10.9. The van der Waals surface area contributed by atoms with E-state index in [1.165, 1.54) is 0 Å². The number of aryl methyl sites for hydroxylation is 1. The third-order valence-corrected chi connectivity index (χ3v) is 6.34. The highest BCUT2D eigenvalue weighted by atomic mass is 79.9. The predicted octanol–water partition coefficient (Wildman–Crippen LogP) is 5.46. The number of benzene rings is 2. The highest BCUT2D eigenvalue weighted by Gasteiger charge is 2.11. The van der Waals surface area contributed by atoms with Crippen molar-refractivity contribution in [1.29, 1.82) is 0 Å². The number of nitrogens with zero attached hydrogens (tertiary/aromatic N) is 4. The highest BCUT2D eigenvalue weighted by Crippen LogP contribution is 2.21. The first-order chi connectivity index (χ1) is 14.9. The lowest BCUT2D eigenvalue weighted by Gasteiger charge is -2.07. The molecule has 4 rings (SSSR count). The largest absolute Gasteiger partial charge is 0.305 e. The molecule has 0 radical (unpaired) electrons. The first kappa shape index (κ1) is 21.3. The highest BCUT2D eigenvalue weighted by molar-refractivity contribution is 9.10. The number of hydrogen-bond acceptors (Lipinski definition) is 3. The third-order valence-electron chi connectivity index (χ3n) is 4.96. The van der Waals surface area contributed by atoms with E-state index in [0.717, 1.165) is 27.0 Å². The standard InChI is InChI=1S/C23H21BrClN5O/c1-15-22(24)16(2)30(27-15)14-17-6-8-19(9-7-17)23(31)26-21-10-11-29(28-21)13-18-4-3-5-20(25)12-18/h3-12H,13-14H2,1-2H3,(H,26,28,31). The van der Waals surface area contributed by atoms with Gasteiger partial charge in [-0.1, -0.05) is 35.9 Å². The van der Waals surface area contributed by atoms with Crippen LogP contribution in [-0.2, 0) is 13.1 Å². The molecular weight excluding hydrogens is 478 g/mol. The van der Waals surface area contributed by atoms with E-state index >= 15 is 0 Å². The van der Waals surface area contributed by atoms with Gasteiger partial charge in [0, 0.05) is 22.8 Å². The number of hydrogen-bond donors (Lipinski definition) is 1. The van der Waals surface area contributed by atoms with Crippen molar-refractivity contribution in [1.82, 2.24) is 19.6 Å². The van der Waals surface area contributed by atoms with Crippen molar-refractivity contribution >= 4 is 39.3 Å². The number of halogens is 2. The minimum atomic E-state index is -0.201. The zero-order valence-corrected chi connectivity index (χ0v) is 19.5. The monoisotopic (exact) mass is 497 g/mol. The van der Waals surface area contributed by atoms with Gasteiger partial charge in [0.15, 0.2) is 5.82 Å². The minimum Gasteiger partial charge on any atom is -0.305 e. The molecule has 0 aliphatic carbocycles. The van der Waals surface area contributed by atoms with Crippen molar-refractivity contribution in [2.75, 3.05) is 5.32 Å². The van der Waals surface area contributed by atoms with Gasteiger partial charge in [0.05, 0.1) is 29.0 Å². The van der Waals surface area contributed by atoms with Crippen LogP contribution in [0.3, 0.4) is 0 Å². The van der Waals surface area contributed by atoms with Crippen LogP contribution >= 0.6 is 27.5 Å². The van der Waals surface area contributed by atoms with Gasteiger partial charge in [-0.15, -0.1) is 0 Å². The van der Waals surface area contributed by atoms with E-state index in [9.17, 15) is 4.79 Å². The summed E-state index contributed by atoms with van der Waals surface area (Å²) in [5.74, 6) is 0.303. The summed E-state index contributed by atoms with van der Waals surface area (Å²) in [6, 6.07) is 16.9. The lowest BCUT2D eigenvalue weighted by atomic mass is 10.1. The molecule has 31 heavy (non-hydrogen) atoms. The molecule has 1 amide bonds. The van der Waals surface area contributed by atoms with Gasteiger partial charge in [0.2, 0.25) is 0 Å². The summed E-state index contributed by atoms with van der Waals surface area (Å²) in [5, 5.41) is 12.5. The number of carbonyl (C=O) groups excluding carboxylic acids is 1. The van der Waals surface area contributed by atoms with Crippen LogP contribution in [0.1, 0.15) is 32.9 Å². The molecule has 0 saturated heterocycles. The summed E-state index contributed by atoms with van der Waals surface area (Å²) in [7, 11) is 0. The van der Waals surface area contributed by atoms with E-state index in [1.54, 1.807) is 10.7 Å². The van der Waals surface area contributed by atoms with Crippen LogP contribution in [0.2, 0.25) is 5.02 Å². The summed E-state index contributed by atoms with van der Waals surface area (Å²) in [6.07, 6.45) is 1.83. The quantitative estimate of drug-likeness (QED) is 0.384. The van der Waals surface area contributed by atoms with E-state index in [1.807, 2.05) is 73.3 Å². The summed E-state index contributed by atoms with van der Waals surface area (Å²) >= 11 is 9.58. The number of anilines is 1. The maximum Gasteiger partial charge on any atom is 0.256 e. The smallest absolute Gasteiger partial charge is 0.256 e. The Kier molecular flexibility index (Phi) is 6.25. The maximum atomic E-state index is 12.6. The molecule has 0 spiro atoms. The molecule has 4 aromatic rings. The fourth-order valence-electron chi connectivity index (χ4n) is 3.29. The summed E-state index contributed by atoms with van der Waals surface area (Å²) in [6.45, 7) is 5.22. The van der Waals surface area contributed by atoms with Crippen LogP contribution in [0.4, 0.5) is 5.82 Å². The molecule has 0 aliphatic rings. The second-order valence-electron chi connectivity index (χ2n) is 7.32. The first-order valence-electron chi connectivity index (χ1n) is 9.77. The van der Waals surface area contributed by atoms with Gasteiger partial charge in [0.1, 0.15) is 0 Å². The summed E-state index contributed by atoms with van der Waals surface area (Å²) in [5.41, 5.74) is 4.72. The Hall–Kier alpha value is -2.90. The van der Waals surface area contributed by atoms with Crippen LogP contribution in [0, 0.1) is 13.8 Å². The number of nitrogens with one attached hydrogen (secondary N) is 1. The lowest BCUT2D eigenvalue weighted by Crippen LogP contribution is -2.13. The SMILES string of the molecule is Cc1nn(Cc2ccc(C(=O)Nc3ccn(Cc4cccc(Cl)c4)n3)cc2)c(C)c1Br. The van der Waals surface area contributed by atoms with Crippen molar-refractivity contribution in [2.24, 2.45) is 0 Å². The van der Waals surface area contributed by atoms with Crippen molar-refractivity contribution in [3.63, 3.8) is 0 Å². The molecule has 6 nitrogen and oxygen atoms in total. The Morgan fingerprint density at radius 1 is 1.03 bits per heavy atom. The normalized spacial score (nSPS) is 11.0. The molecule has 2 aromatic carbocycles. The minimum absolute atomic E-state index is 0.201. The molecule has 158 valence electrons. The van der Waals surface area contributed by atoms with E-state index in [-0.39, 0.29) is 5.91 Å². The molecule has 2 aromatic heterocycles. The second-order valence-corrected chi connectivity index (χ2v) is 8.55. The second kappa shape index (κ2) is 9.08. The lowest BCUT2D eigenvalue weighted by molar-refractivity contribution is 0.102. The zero-order valence-electron chi connectivity index (χ0n) is 17.1. The Balaban J connectivity index is 1.38. The summed E-state index contributed by atoms with van der Waals surface area (Å²) in [4.78, 5) is 12.6. The molecule has 0 unspecified atom stereocenters. The van der Waals surface area contributed by atoms with Crippen molar-refractivity contribution in [2.45, 2.75) is 26.9 Å². The third kappa shape index (κ3) is 5.06. The fourth-order valence-corrected chi connectivity index (χ4v) is 3.79. The van der Waals surface area contributed by atoms with Crippen LogP contribution < -0.4 is 5.32 Å². The van der Waals surface area contributed by atoms with Gasteiger partial charge in [-0.3, -0.25) is 14.2 Å². The molecular formula is C23H21BrClN5O. The van der Waals surface area contributed by atoms with Crippen molar-refractivity contribution < 1.29 is 4.79 Å². The topological polar surface area (TPSA) is 64.7 Å². The van der Waals surface area contributed by atoms with E-state index in [4.69, 9.17) is 11.6 Å². The van der Waals surface area contributed by atoms with Crippen LogP contribution in [-0.4, -0.2) is 25.5 Å². The predicted molar refractivity (Wildman–Crippen MR) is 126 cm³/mol. The zero-order chi connectivity index (χ0) is 22.0. The van der Waals surface area contributed by atoms with Crippen molar-refractivity contribution in [3.05, 3.63) is 98.4 Å². The van der Waals surface area contributed by atoms with Crippen LogP contribution in [0.25, 0.3) is 0 Å². The molecule has 2 heterocycles. The van der Waals surface area contributed by atoms with E-state index < -0.39 is 0 Å². The number of amides is 1. The molecule has 0 fully saturated rings. The average molecular weight is 499 g/mol. The summed E-state index contributed by atoms with van der Waals surface area (Å²) < 4.78 is 4.73. The molecule has 0 bridgehead atoms. The van der Waals surface area contributed by atoms with Gasteiger partial charge in [0.25, 0.3) is 5.91 Å².